The molecule has 0 aliphatic heterocycles. The first kappa shape index (κ1) is 15.5. The molecule has 1 rings (SSSR count). The highest BCUT2D eigenvalue weighted by atomic mass is 35.5. The van der Waals surface area contributed by atoms with Crippen molar-refractivity contribution in [2.24, 2.45) is 5.73 Å². The van der Waals surface area contributed by atoms with Crippen LogP contribution in [0.2, 0.25) is 0 Å². The summed E-state index contributed by atoms with van der Waals surface area (Å²) in [4.78, 5) is 0. The second-order valence-corrected chi connectivity index (χ2v) is 3.20. The van der Waals surface area contributed by atoms with Crippen LogP contribution in [0.4, 0.5) is 4.39 Å². The number of halogens is 2. The molecule has 94 valence electrons. The second kappa shape index (κ2) is 6.94. The molecular weight excluding hydrogens is 247 g/mol. The van der Waals surface area contributed by atoms with Gasteiger partial charge in [0.2, 0.25) is 0 Å². The highest BCUT2D eigenvalue weighted by Gasteiger charge is 2.16. The number of benzene rings is 1. The van der Waals surface area contributed by atoms with Crippen molar-refractivity contribution in [3.8, 4) is 17.6 Å². The van der Waals surface area contributed by atoms with E-state index in [1.165, 1.54) is 26.4 Å². The molecule has 0 bridgehead atoms. The molecule has 2 N–H and O–H groups in total. The van der Waals surface area contributed by atoms with E-state index in [2.05, 4.69) is 0 Å². The van der Waals surface area contributed by atoms with E-state index in [9.17, 15) is 4.39 Å². The molecule has 0 unspecified atom stereocenters. The Morgan fingerprint density at radius 1 is 1.35 bits per heavy atom. The molecule has 0 saturated carbocycles. The van der Waals surface area contributed by atoms with E-state index in [1.54, 1.807) is 0 Å². The lowest BCUT2D eigenvalue weighted by Crippen LogP contribution is -2.11. The molecule has 0 aliphatic rings. The number of rotatable bonds is 4. The van der Waals surface area contributed by atoms with Crippen LogP contribution in [0.25, 0.3) is 0 Å². The number of ether oxygens (including phenoxy) is 2. The van der Waals surface area contributed by atoms with Crippen molar-refractivity contribution in [3.05, 3.63) is 23.5 Å². The number of nitriles is 1. The zero-order valence-corrected chi connectivity index (χ0v) is 10.4. The highest BCUT2D eigenvalue weighted by Crippen LogP contribution is 2.32. The van der Waals surface area contributed by atoms with Gasteiger partial charge in [0.25, 0.3) is 0 Å². The van der Waals surface area contributed by atoms with Crippen LogP contribution in [0.3, 0.4) is 0 Å². The van der Waals surface area contributed by atoms with Crippen LogP contribution >= 0.6 is 12.4 Å². The van der Waals surface area contributed by atoms with Crippen LogP contribution in [-0.2, 0) is 0 Å². The van der Waals surface area contributed by atoms with Gasteiger partial charge in [-0.1, -0.05) is 0 Å². The Balaban J connectivity index is 0.00000256. The van der Waals surface area contributed by atoms with Crippen LogP contribution in [0.15, 0.2) is 12.1 Å². The molecule has 0 radical (unpaired) electrons. The smallest absolute Gasteiger partial charge is 0.163 e. The molecule has 0 saturated heterocycles. The van der Waals surface area contributed by atoms with Crippen molar-refractivity contribution < 1.29 is 13.9 Å². The van der Waals surface area contributed by atoms with E-state index in [0.717, 1.165) is 0 Å². The predicted octanol–water partition coefficient (Wildman–Crippen LogP) is 2.18. The van der Waals surface area contributed by atoms with Gasteiger partial charge in [-0.2, -0.15) is 5.26 Å². The largest absolute Gasteiger partial charge is 0.493 e. The summed E-state index contributed by atoms with van der Waals surface area (Å²) in [5.41, 5.74) is 5.91. The molecule has 0 amide bonds. The maximum atomic E-state index is 13.6. The molecule has 1 aromatic carbocycles. The Labute approximate surface area is 106 Å². The third-order valence-electron chi connectivity index (χ3n) is 2.21. The van der Waals surface area contributed by atoms with Crippen LogP contribution < -0.4 is 15.2 Å². The van der Waals surface area contributed by atoms with Gasteiger partial charge < -0.3 is 15.2 Å². The molecule has 0 aliphatic carbocycles. The Kier molecular flexibility index (Phi) is 6.33. The minimum absolute atomic E-state index is 0. The van der Waals surface area contributed by atoms with E-state index in [0.29, 0.717) is 11.5 Å². The van der Waals surface area contributed by atoms with Crippen molar-refractivity contribution >= 4 is 12.4 Å². The van der Waals surface area contributed by atoms with Gasteiger partial charge in [-0.15, -0.1) is 12.4 Å². The third kappa shape index (κ3) is 3.48. The first-order chi connectivity index (χ1) is 7.63. The highest BCUT2D eigenvalue weighted by molar-refractivity contribution is 5.85. The van der Waals surface area contributed by atoms with Gasteiger partial charge >= 0.3 is 0 Å². The van der Waals surface area contributed by atoms with Gasteiger partial charge in [0.1, 0.15) is 5.82 Å². The average Bonchev–Trinajstić information content (AvgIpc) is 2.28. The fraction of sp³-hybridized carbons (Fsp3) is 0.364. The second-order valence-electron chi connectivity index (χ2n) is 3.20. The monoisotopic (exact) mass is 260 g/mol. The Bertz CT molecular complexity index is 421. The molecule has 17 heavy (non-hydrogen) atoms. The first-order valence-electron chi connectivity index (χ1n) is 4.68. The molecule has 1 atom stereocenters. The summed E-state index contributed by atoms with van der Waals surface area (Å²) in [6.07, 6.45) is 0.0480. The molecule has 0 fully saturated rings. The minimum Gasteiger partial charge on any atom is -0.493 e. The van der Waals surface area contributed by atoms with Crippen molar-refractivity contribution in [1.82, 2.24) is 0 Å². The van der Waals surface area contributed by atoms with Crippen molar-refractivity contribution in [3.63, 3.8) is 0 Å². The Morgan fingerprint density at radius 3 is 2.35 bits per heavy atom. The topological polar surface area (TPSA) is 68.3 Å². The molecule has 6 heteroatoms. The number of hydrogen-bond donors (Lipinski definition) is 1. The lowest BCUT2D eigenvalue weighted by molar-refractivity contribution is 0.351. The van der Waals surface area contributed by atoms with Gasteiger partial charge in [-0.05, 0) is 6.07 Å². The number of hydrogen-bond acceptors (Lipinski definition) is 4. The van der Waals surface area contributed by atoms with Crippen LogP contribution in [0.1, 0.15) is 18.0 Å². The quantitative estimate of drug-likeness (QED) is 0.901. The third-order valence-corrected chi connectivity index (χ3v) is 2.21. The Hall–Kier alpha value is -1.51. The van der Waals surface area contributed by atoms with Crippen LogP contribution in [0.5, 0.6) is 11.5 Å². The van der Waals surface area contributed by atoms with E-state index < -0.39 is 11.9 Å². The predicted molar refractivity (Wildman–Crippen MR) is 63.9 cm³/mol. The molecule has 4 nitrogen and oxygen atoms in total. The SMILES string of the molecule is COc1cc(F)c([C@H](N)CC#N)cc1OC.Cl. The number of methoxy groups -OCH3 is 2. The Morgan fingerprint density at radius 2 is 1.88 bits per heavy atom. The maximum Gasteiger partial charge on any atom is 0.163 e. The first-order valence-corrected chi connectivity index (χ1v) is 4.68. The van der Waals surface area contributed by atoms with Gasteiger partial charge in [0, 0.05) is 17.7 Å². The normalized spacial score (nSPS) is 11.0. The summed E-state index contributed by atoms with van der Waals surface area (Å²) in [5, 5.41) is 8.51. The number of nitrogens with two attached hydrogens (primary N) is 1. The van der Waals surface area contributed by atoms with Gasteiger partial charge in [-0.3, -0.25) is 0 Å². The number of nitrogens with zero attached hydrogens (tertiary/aromatic N) is 1. The summed E-state index contributed by atoms with van der Waals surface area (Å²) in [5.74, 6) is 0.195. The fourth-order valence-corrected chi connectivity index (χ4v) is 1.36. The van der Waals surface area contributed by atoms with E-state index in [-0.39, 0.29) is 24.4 Å². The van der Waals surface area contributed by atoms with Crippen molar-refractivity contribution in [2.45, 2.75) is 12.5 Å². The van der Waals surface area contributed by atoms with Gasteiger partial charge in [0.15, 0.2) is 11.5 Å². The van der Waals surface area contributed by atoms with Crippen LogP contribution in [-0.4, -0.2) is 14.2 Å². The average molecular weight is 261 g/mol. The molecular formula is C11H14ClFN2O2. The summed E-state index contributed by atoms with van der Waals surface area (Å²) in [6.45, 7) is 0. The summed E-state index contributed by atoms with van der Waals surface area (Å²) in [7, 11) is 2.88. The van der Waals surface area contributed by atoms with Crippen molar-refractivity contribution in [2.75, 3.05) is 14.2 Å². The lowest BCUT2D eigenvalue weighted by atomic mass is 10.0. The molecule has 0 spiro atoms. The van der Waals surface area contributed by atoms with E-state index in [4.69, 9.17) is 20.5 Å². The van der Waals surface area contributed by atoms with Crippen molar-refractivity contribution in [1.29, 1.82) is 5.26 Å². The summed E-state index contributed by atoms with van der Waals surface area (Å²) >= 11 is 0. The van der Waals surface area contributed by atoms with E-state index in [1.807, 2.05) is 6.07 Å². The minimum atomic E-state index is -0.662. The molecule has 1 aromatic rings. The summed E-state index contributed by atoms with van der Waals surface area (Å²) in [6, 6.07) is 3.89. The maximum absolute atomic E-state index is 13.6. The summed E-state index contributed by atoms with van der Waals surface area (Å²) < 4.78 is 23.6. The van der Waals surface area contributed by atoms with Gasteiger partial charge in [0.05, 0.1) is 26.7 Å². The van der Waals surface area contributed by atoms with E-state index >= 15 is 0 Å². The zero-order valence-electron chi connectivity index (χ0n) is 9.57. The van der Waals surface area contributed by atoms with Crippen LogP contribution in [0, 0.1) is 17.1 Å². The molecule has 0 aromatic heterocycles. The fourth-order valence-electron chi connectivity index (χ4n) is 1.36. The standard InChI is InChI=1S/C11H13FN2O2.ClH/c1-15-10-5-7(9(14)3-4-13)8(12)6-11(10)16-2;/h5-6,9H,3,14H2,1-2H3;1H/t9-;/m1./s1. The van der Waals surface area contributed by atoms with Gasteiger partial charge in [-0.25, -0.2) is 4.39 Å². The zero-order chi connectivity index (χ0) is 12.1. The lowest BCUT2D eigenvalue weighted by Gasteiger charge is -2.13. The molecule has 0 heterocycles.